The number of imidazole rings is 1. The van der Waals surface area contributed by atoms with Crippen molar-refractivity contribution in [2.75, 3.05) is 0 Å². The molecule has 2 nitrogen and oxygen atoms in total. The summed E-state index contributed by atoms with van der Waals surface area (Å²) in [5.41, 5.74) is 4.00. The van der Waals surface area contributed by atoms with Crippen molar-refractivity contribution in [1.29, 1.82) is 0 Å². The maximum atomic E-state index is 4.09. The van der Waals surface area contributed by atoms with Gasteiger partial charge in [0.1, 0.15) is 0 Å². The third kappa shape index (κ3) is 3.47. The minimum absolute atomic E-state index is 0.712. The lowest BCUT2D eigenvalue weighted by molar-refractivity contribution is 0.654. The summed E-state index contributed by atoms with van der Waals surface area (Å²) in [7, 11) is 0. The van der Waals surface area contributed by atoms with Crippen LogP contribution in [-0.2, 0) is 13.0 Å². The Balaban J connectivity index is 1.79. The second-order valence-electron chi connectivity index (χ2n) is 6.21. The van der Waals surface area contributed by atoms with Gasteiger partial charge < -0.3 is 4.57 Å². The van der Waals surface area contributed by atoms with E-state index >= 15 is 0 Å². The molecule has 3 rings (SSSR count). The number of hydrogen-bond acceptors (Lipinski definition) is 2. The molecule has 0 saturated carbocycles. The molecule has 114 valence electrons. The molecule has 0 spiro atoms. The van der Waals surface area contributed by atoms with Crippen LogP contribution in [0.15, 0.2) is 49.1 Å². The fourth-order valence-corrected chi connectivity index (χ4v) is 3.99. The van der Waals surface area contributed by atoms with Crippen LogP contribution >= 0.6 is 11.3 Å². The van der Waals surface area contributed by atoms with Crippen molar-refractivity contribution in [1.82, 2.24) is 9.55 Å². The molecule has 2 heterocycles. The molecule has 0 aliphatic rings. The van der Waals surface area contributed by atoms with Crippen molar-refractivity contribution in [3.05, 3.63) is 64.4 Å². The highest BCUT2D eigenvalue weighted by molar-refractivity contribution is 7.12. The van der Waals surface area contributed by atoms with E-state index in [9.17, 15) is 0 Å². The molecule has 0 saturated heterocycles. The Morgan fingerprint density at radius 2 is 1.95 bits per heavy atom. The average molecular weight is 310 g/mol. The van der Waals surface area contributed by atoms with Gasteiger partial charge in [-0.3, -0.25) is 0 Å². The monoisotopic (exact) mass is 310 g/mol. The lowest BCUT2D eigenvalue weighted by atomic mass is 10.0. The molecule has 0 radical (unpaired) electrons. The topological polar surface area (TPSA) is 17.8 Å². The summed E-state index contributed by atoms with van der Waals surface area (Å²) in [6.07, 6.45) is 6.84. The van der Waals surface area contributed by atoms with Gasteiger partial charge in [0.25, 0.3) is 0 Å². The molecule has 0 bridgehead atoms. The smallest absolute Gasteiger partial charge is 0.0949 e. The van der Waals surface area contributed by atoms with Gasteiger partial charge in [-0.1, -0.05) is 38.1 Å². The average Bonchev–Trinajstić information content (AvgIpc) is 3.09. The summed E-state index contributed by atoms with van der Waals surface area (Å²) in [5, 5.41) is 0. The molecule has 22 heavy (non-hydrogen) atoms. The first-order chi connectivity index (χ1) is 10.6. The number of thiophene rings is 1. The van der Waals surface area contributed by atoms with Gasteiger partial charge in [0, 0.05) is 28.7 Å². The molecule has 0 aliphatic heterocycles. The van der Waals surface area contributed by atoms with Crippen LogP contribution < -0.4 is 0 Å². The predicted molar refractivity (Wildman–Crippen MR) is 94.4 cm³/mol. The van der Waals surface area contributed by atoms with E-state index in [1.165, 1.54) is 32.9 Å². The Labute approximate surface area is 136 Å². The first-order valence-electron chi connectivity index (χ1n) is 7.76. The van der Waals surface area contributed by atoms with Crippen LogP contribution in [0.5, 0.6) is 0 Å². The normalized spacial score (nSPS) is 11.3. The van der Waals surface area contributed by atoms with Crippen LogP contribution in [0.25, 0.3) is 11.1 Å². The fourth-order valence-electron chi connectivity index (χ4n) is 2.71. The molecule has 0 unspecified atom stereocenters. The molecule has 3 heteroatoms. The fraction of sp³-hybridized carbons (Fsp3) is 0.316. The number of benzene rings is 1. The van der Waals surface area contributed by atoms with Gasteiger partial charge in [0.05, 0.1) is 6.33 Å². The summed E-state index contributed by atoms with van der Waals surface area (Å²) in [6, 6.07) is 11.3. The van der Waals surface area contributed by atoms with Crippen molar-refractivity contribution in [2.24, 2.45) is 5.92 Å². The van der Waals surface area contributed by atoms with Crippen molar-refractivity contribution >= 4 is 11.3 Å². The zero-order valence-electron chi connectivity index (χ0n) is 13.4. The molecule has 2 aromatic heterocycles. The van der Waals surface area contributed by atoms with Crippen LogP contribution in [0, 0.1) is 12.8 Å². The van der Waals surface area contributed by atoms with Crippen LogP contribution in [0.1, 0.15) is 29.2 Å². The van der Waals surface area contributed by atoms with Gasteiger partial charge in [-0.2, -0.15) is 0 Å². The van der Waals surface area contributed by atoms with E-state index in [2.05, 4.69) is 60.7 Å². The predicted octanol–water partition coefficient (Wildman–Crippen LogP) is 5.17. The molecule has 0 aliphatic carbocycles. The van der Waals surface area contributed by atoms with E-state index in [1.54, 1.807) is 0 Å². The first-order valence-corrected chi connectivity index (χ1v) is 8.58. The quantitative estimate of drug-likeness (QED) is 0.636. The number of aryl methyl sites for hydroxylation is 1. The number of rotatable bonds is 5. The van der Waals surface area contributed by atoms with E-state index in [-0.39, 0.29) is 0 Å². The van der Waals surface area contributed by atoms with Crippen molar-refractivity contribution in [3.63, 3.8) is 0 Å². The SMILES string of the molecule is Cc1sc(CC(C)C)cc1-c1ccc(Cn2ccnc2)cc1. The van der Waals surface area contributed by atoms with Crippen molar-refractivity contribution < 1.29 is 0 Å². The maximum absolute atomic E-state index is 4.09. The lowest BCUT2D eigenvalue weighted by Gasteiger charge is -2.05. The Morgan fingerprint density at radius 1 is 1.18 bits per heavy atom. The highest BCUT2D eigenvalue weighted by Crippen LogP contribution is 2.32. The Morgan fingerprint density at radius 3 is 2.59 bits per heavy atom. The third-order valence-electron chi connectivity index (χ3n) is 3.77. The van der Waals surface area contributed by atoms with E-state index in [4.69, 9.17) is 0 Å². The molecular formula is C19H22N2S. The molecule has 0 amide bonds. The molecule has 3 aromatic rings. The first kappa shape index (κ1) is 15.0. The van der Waals surface area contributed by atoms with E-state index < -0.39 is 0 Å². The molecular weight excluding hydrogens is 288 g/mol. The zero-order chi connectivity index (χ0) is 15.5. The lowest BCUT2D eigenvalue weighted by Crippen LogP contribution is -1.95. The zero-order valence-corrected chi connectivity index (χ0v) is 14.2. The van der Waals surface area contributed by atoms with Crippen molar-refractivity contribution in [2.45, 2.75) is 33.7 Å². The van der Waals surface area contributed by atoms with Crippen LogP contribution in [0.4, 0.5) is 0 Å². The summed E-state index contributed by atoms with van der Waals surface area (Å²) in [4.78, 5) is 6.99. The standard InChI is InChI=1S/C19H22N2S/c1-14(2)10-18-11-19(15(3)22-18)17-6-4-16(5-7-17)12-21-9-8-20-13-21/h4-9,11,13-14H,10,12H2,1-3H3. The molecule has 0 atom stereocenters. The highest BCUT2D eigenvalue weighted by Gasteiger charge is 2.09. The molecule has 0 N–H and O–H groups in total. The van der Waals surface area contributed by atoms with Crippen LogP contribution in [0.2, 0.25) is 0 Å². The van der Waals surface area contributed by atoms with Crippen LogP contribution in [-0.4, -0.2) is 9.55 Å². The Hall–Kier alpha value is -1.87. The second kappa shape index (κ2) is 6.49. The number of hydrogen-bond donors (Lipinski definition) is 0. The van der Waals surface area contributed by atoms with Gasteiger partial charge in [-0.15, -0.1) is 11.3 Å². The summed E-state index contributed by atoms with van der Waals surface area (Å²) >= 11 is 1.93. The van der Waals surface area contributed by atoms with Gasteiger partial charge in [0.2, 0.25) is 0 Å². The van der Waals surface area contributed by atoms with Crippen LogP contribution in [0.3, 0.4) is 0 Å². The molecule has 0 fully saturated rings. The second-order valence-corrected chi connectivity index (χ2v) is 7.55. The van der Waals surface area contributed by atoms with Crippen molar-refractivity contribution in [3.8, 4) is 11.1 Å². The van der Waals surface area contributed by atoms with Gasteiger partial charge in [-0.25, -0.2) is 4.98 Å². The van der Waals surface area contributed by atoms with Gasteiger partial charge in [0.15, 0.2) is 0 Å². The number of nitrogens with zero attached hydrogens (tertiary/aromatic N) is 2. The molecule has 1 aromatic carbocycles. The highest BCUT2D eigenvalue weighted by atomic mass is 32.1. The van der Waals surface area contributed by atoms with E-state index in [0.29, 0.717) is 5.92 Å². The summed E-state index contributed by atoms with van der Waals surface area (Å²) in [5.74, 6) is 0.712. The summed E-state index contributed by atoms with van der Waals surface area (Å²) in [6.45, 7) is 7.66. The van der Waals surface area contributed by atoms with E-state index in [1.807, 2.05) is 30.1 Å². The largest absolute Gasteiger partial charge is 0.333 e. The Kier molecular flexibility index (Phi) is 4.44. The third-order valence-corrected chi connectivity index (χ3v) is 4.84. The van der Waals surface area contributed by atoms with Gasteiger partial charge in [-0.05, 0) is 42.0 Å². The Bertz CT molecular complexity index is 721. The maximum Gasteiger partial charge on any atom is 0.0949 e. The minimum Gasteiger partial charge on any atom is -0.333 e. The number of aromatic nitrogens is 2. The minimum atomic E-state index is 0.712. The van der Waals surface area contributed by atoms with E-state index in [0.717, 1.165) is 6.54 Å². The summed E-state index contributed by atoms with van der Waals surface area (Å²) < 4.78 is 2.09. The van der Waals surface area contributed by atoms with Gasteiger partial charge >= 0.3 is 0 Å².